The number of thioether (sulfide) groups is 1. The maximum absolute atomic E-state index is 13.3. The van der Waals surface area contributed by atoms with Gasteiger partial charge in [0, 0.05) is 15.6 Å². The highest BCUT2D eigenvalue weighted by atomic mass is 35.5. The zero-order valence-electron chi connectivity index (χ0n) is 16.5. The number of rotatable bonds is 5. The number of amides is 2. The third-order valence-electron chi connectivity index (χ3n) is 4.67. The summed E-state index contributed by atoms with van der Waals surface area (Å²) in [6.45, 7) is 4.00. The number of benzene rings is 3. The molecule has 4 nitrogen and oxygen atoms in total. The van der Waals surface area contributed by atoms with E-state index in [0.29, 0.717) is 15.6 Å². The van der Waals surface area contributed by atoms with Gasteiger partial charge in [-0.3, -0.25) is 9.59 Å². The summed E-state index contributed by atoms with van der Waals surface area (Å²) in [6, 6.07) is 22.2. The largest absolute Gasteiger partial charge is 0.350 e. The summed E-state index contributed by atoms with van der Waals surface area (Å²) in [5.74, 6) is -0.778. The molecule has 1 heterocycles. The Balaban J connectivity index is 1.74. The predicted octanol–water partition coefficient (Wildman–Crippen LogP) is 5.95. The minimum Gasteiger partial charge on any atom is -0.350 e. The molecule has 0 aromatic heterocycles. The molecule has 1 N–H and O–H groups in total. The van der Waals surface area contributed by atoms with Crippen molar-refractivity contribution in [3.05, 3.63) is 99.5 Å². The molecule has 3 aromatic carbocycles. The van der Waals surface area contributed by atoms with Gasteiger partial charge in [0.25, 0.3) is 11.8 Å². The van der Waals surface area contributed by atoms with Crippen LogP contribution >= 0.6 is 23.4 Å². The number of hydrogen-bond donors (Lipinski definition) is 1. The Hall–Kier alpha value is -3.02. The normalized spacial score (nSPS) is 13.9. The summed E-state index contributed by atoms with van der Waals surface area (Å²) < 4.78 is 0. The van der Waals surface area contributed by atoms with E-state index in [1.54, 1.807) is 24.3 Å². The maximum atomic E-state index is 13.3. The van der Waals surface area contributed by atoms with Crippen molar-refractivity contribution in [3.63, 3.8) is 0 Å². The lowest BCUT2D eigenvalue weighted by Crippen LogP contribution is -2.32. The number of halogens is 1. The smallest absolute Gasteiger partial charge is 0.283 e. The van der Waals surface area contributed by atoms with E-state index in [1.165, 1.54) is 16.7 Å². The molecule has 4 rings (SSSR count). The summed E-state index contributed by atoms with van der Waals surface area (Å²) in [5, 5.41) is 3.62. The lowest BCUT2D eigenvalue weighted by atomic mass is 10.2. The van der Waals surface area contributed by atoms with Gasteiger partial charge in [0.2, 0.25) is 0 Å². The van der Waals surface area contributed by atoms with Crippen LogP contribution in [-0.2, 0) is 9.59 Å². The van der Waals surface area contributed by atoms with E-state index in [4.69, 9.17) is 11.6 Å². The standard InChI is InChI=1S/C24H19ClN2O2S/c1-15-6-10-18(11-7-15)26-21-22(30-20-12-8-16(2)9-13-20)24(29)27(23(21)28)19-5-3-4-17(25)14-19/h3-14,26H,1-2H3. The Morgan fingerprint density at radius 1 is 0.833 bits per heavy atom. The zero-order valence-corrected chi connectivity index (χ0v) is 18.1. The molecule has 0 atom stereocenters. The van der Waals surface area contributed by atoms with Crippen LogP contribution < -0.4 is 10.2 Å². The Kier molecular flexibility index (Phi) is 5.66. The number of hydrogen-bond acceptors (Lipinski definition) is 4. The summed E-state index contributed by atoms with van der Waals surface area (Å²) in [6.07, 6.45) is 0. The Bertz CT molecular complexity index is 1090. The minimum atomic E-state index is -0.405. The van der Waals surface area contributed by atoms with Crippen molar-refractivity contribution in [2.45, 2.75) is 18.7 Å². The van der Waals surface area contributed by atoms with Crippen LogP contribution in [-0.4, -0.2) is 11.8 Å². The lowest BCUT2D eigenvalue weighted by Gasteiger charge is -2.15. The number of carbonyl (C=O) groups is 2. The van der Waals surface area contributed by atoms with Crippen LogP contribution in [0.2, 0.25) is 5.02 Å². The first kappa shape index (κ1) is 20.3. The number of imide groups is 1. The number of aryl methyl sites for hydroxylation is 2. The molecular weight excluding hydrogens is 416 g/mol. The quantitative estimate of drug-likeness (QED) is 0.504. The van der Waals surface area contributed by atoms with Crippen LogP contribution in [0.15, 0.2) is 88.3 Å². The molecule has 3 aromatic rings. The first-order valence-electron chi connectivity index (χ1n) is 9.39. The molecule has 0 radical (unpaired) electrons. The van der Waals surface area contributed by atoms with E-state index in [2.05, 4.69) is 5.32 Å². The summed E-state index contributed by atoms with van der Waals surface area (Å²) in [4.78, 5) is 29.0. The van der Waals surface area contributed by atoms with Crippen LogP contribution in [0, 0.1) is 13.8 Å². The molecular formula is C24H19ClN2O2S. The van der Waals surface area contributed by atoms with Gasteiger partial charge in [-0.1, -0.05) is 64.8 Å². The van der Waals surface area contributed by atoms with Crippen LogP contribution in [0.3, 0.4) is 0 Å². The summed E-state index contributed by atoms with van der Waals surface area (Å²) in [7, 11) is 0. The van der Waals surface area contributed by atoms with E-state index in [9.17, 15) is 9.59 Å². The second-order valence-electron chi connectivity index (χ2n) is 7.04. The van der Waals surface area contributed by atoms with E-state index in [1.807, 2.05) is 62.4 Å². The number of carbonyl (C=O) groups excluding carboxylic acids is 2. The van der Waals surface area contributed by atoms with Crippen molar-refractivity contribution >= 4 is 46.6 Å². The molecule has 0 saturated heterocycles. The van der Waals surface area contributed by atoms with Crippen LogP contribution in [0.4, 0.5) is 11.4 Å². The monoisotopic (exact) mass is 434 g/mol. The van der Waals surface area contributed by atoms with Crippen molar-refractivity contribution in [2.24, 2.45) is 0 Å². The van der Waals surface area contributed by atoms with Crippen LogP contribution in [0.25, 0.3) is 0 Å². The fourth-order valence-corrected chi connectivity index (χ4v) is 4.18. The maximum Gasteiger partial charge on any atom is 0.283 e. The average Bonchev–Trinajstić information content (AvgIpc) is 2.95. The van der Waals surface area contributed by atoms with Crippen molar-refractivity contribution in [3.8, 4) is 0 Å². The Labute approximate surface area is 184 Å². The van der Waals surface area contributed by atoms with Crippen molar-refractivity contribution < 1.29 is 9.59 Å². The van der Waals surface area contributed by atoms with Gasteiger partial charge < -0.3 is 5.32 Å². The first-order valence-corrected chi connectivity index (χ1v) is 10.6. The van der Waals surface area contributed by atoms with Crippen LogP contribution in [0.5, 0.6) is 0 Å². The van der Waals surface area contributed by atoms with Gasteiger partial charge in [-0.2, -0.15) is 0 Å². The van der Waals surface area contributed by atoms with Gasteiger partial charge in [0.15, 0.2) is 0 Å². The number of nitrogens with zero attached hydrogens (tertiary/aromatic N) is 1. The molecule has 0 unspecified atom stereocenters. The third-order valence-corrected chi connectivity index (χ3v) is 6.00. The average molecular weight is 435 g/mol. The van der Waals surface area contributed by atoms with Crippen LogP contribution in [0.1, 0.15) is 11.1 Å². The van der Waals surface area contributed by atoms with Gasteiger partial charge >= 0.3 is 0 Å². The third kappa shape index (κ3) is 4.13. The second kappa shape index (κ2) is 8.38. The van der Waals surface area contributed by atoms with Gasteiger partial charge in [0.1, 0.15) is 10.6 Å². The molecule has 1 aliphatic heterocycles. The Morgan fingerprint density at radius 3 is 2.10 bits per heavy atom. The van der Waals surface area contributed by atoms with E-state index in [-0.39, 0.29) is 11.6 Å². The zero-order chi connectivity index (χ0) is 21.3. The van der Waals surface area contributed by atoms with Gasteiger partial charge in [-0.15, -0.1) is 0 Å². The molecule has 1 aliphatic rings. The van der Waals surface area contributed by atoms with E-state index in [0.717, 1.165) is 21.7 Å². The molecule has 2 amide bonds. The highest BCUT2D eigenvalue weighted by molar-refractivity contribution is 8.04. The minimum absolute atomic E-state index is 0.259. The molecule has 0 saturated carbocycles. The number of anilines is 2. The molecule has 30 heavy (non-hydrogen) atoms. The summed E-state index contributed by atoms with van der Waals surface area (Å²) in [5.41, 5.74) is 3.68. The lowest BCUT2D eigenvalue weighted by molar-refractivity contribution is -0.120. The van der Waals surface area contributed by atoms with E-state index < -0.39 is 5.91 Å². The van der Waals surface area contributed by atoms with Crippen molar-refractivity contribution in [1.29, 1.82) is 0 Å². The fourth-order valence-electron chi connectivity index (χ4n) is 3.07. The van der Waals surface area contributed by atoms with Gasteiger partial charge in [0.05, 0.1) is 5.69 Å². The van der Waals surface area contributed by atoms with Gasteiger partial charge in [-0.25, -0.2) is 4.90 Å². The molecule has 150 valence electrons. The summed E-state index contributed by atoms with van der Waals surface area (Å²) >= 11 is 7.37. The molecule has 0 spiro atoms. The highest BCUT2D eigenvalue weighted by Crippen LogP contribution is 2.38. The molecule has 0 bridgehead atoms. The predicted molar refractivity (Wildman–Crippen MR) is 123 cm³/mol. The second-order valence-corrected chi connectivity index (χ2v) is 8.56. The first-order chi connectivity index (χ1) is 14.4. The highest BCUT2D eigenvalue weighted by Gasteiger charge is 2.40. The fraction of sp³-hybridized carbons (Fsp3) is 0.0833. The molecule has 6 heteroatoms. The van der Waals surface area contributed by atoms with E-state index >= 15 is 0 Å². The Morgan fingerprint density at radius 2 is 1.47 bits per heavy atom. The number of nitrogens with one attached hydrogen (secondary N) is 1. The molecule has 0 fully saturated rings. The van der Waals surface area contributed by atoms with Crippen molar-refractivity contribution in [1.82, 2.24) is 0 Å². The topological polar surface area (TPSA) is 49.4 Å². The van der Waals surface area contributed by atoms with Gasteiger partial charge in [-0.05, 0) is 56.3 Å². The molecule has 0 aliphatic carbocycles. The van der Waals surface area contributed by atoms with Crippen molar-refractivity contribution in [2.75, 3.05) is 10.2 Å². The SMILES string of the molecule is Cc1ccc(NC2=C(Sc3ccc(C)cc3)C(=O)N(c3cccc(Cl)c3)C2=O)cc1.